The summed E-state index contributed by atoms with van der Waals surface area (Å²) in [6.07, 6.45) is 5.74. The van der Waals surface area contributed by atoms with Crippen LogP contribution in [0.1, 0.15) is 61.9 Å². The summed E-state index contributed by atoms with van der Waals surface area (Å²) in [6.45, 7) is 9.79. The van der Waals surface area contributed by atoms with Crippen molar-refractivity contribution in [1.29, 1.82) is 0 Å². The van der Waals surface area contributed by atoms with Crippen molar-refractivity contribution in [2.45, 2.75) is 52.5 Å². The molecule has 0 bridgehead atoms. The SMILES string of the molecule is CC(C)COc1ccc(C(=O)N2CCCCCCN(Cc3ccccc3)CCC2)cc1. The van der Waals surface area contributed by atoms with Crippen LogP contribution in [0.25, 0.3) is 0 Å². The van der Waals surface area contributed by atoms with Crippen molar-refractivity contribution in [2.24, 2.45) is 5.92 Å². The monoisotopic (exact) mass is 422 g/mol. The number of hydrogen-bond acceptors (Lipinski definition) is 3. The van der Waals surface area contributed by atoms with Crippen LogP contribution in [0.4, 0.5) is 0 Å². The van der Waals surface area contributed by atoms with Crippen molar-refractivity contribution in [3.05, 3.63) is 65.7 Å². The maximum absolute atomic E-state index is 13.2. The molecule has 31 heavy (non-hydrogen) atoms. The molecule has 0 atom stereocenters. The minimum Gasteiger partial charge on any atom is -0.493 e. The fraction of sp³-hybridized carbons (Fsp3) is 0.519. The Morgan fingerprint density at radius 1 is 0.839 bits per heavy atom. The summed E-state index contributed by atoms with van der Waals surface area (Å²) in [5, 5.41) is 0. The minimum absolute atomic E-state index is 0.143. The summed E-state index contributed by atoms with van der Waals surface area (Å²) in [4.78, 5) is 17.8. The second kappa shape index (κ2) is 12.5. The molecule has 4 heteroatoms. The van der Waals surface area contributed by atoms with Gasteiger partial charge in [-0.15, -0.1) is 0 Å². The lowest BCUT2D eigenvalue weighted by Gasteiger charge is -2.25. The zero-order chi connectivity index (χ0) is 21.9. The second-order valence-corrected chi connectivity index (χ2v) is 9.05. The van der Waals surface area contributed by atoms with Crippen LogP contribution in [0.2, 0.25) is 0 Å². The van der Waals surface area contributed by atoms with Crippen LogP contribution in [0.3, 0.4) is 0 Å². The van der Waals surface area contributed by atoms with Gasteiger partial charge in [0.2, 0.25) is 0 Å². The third-order valence-electron chi connectivity index (χ3n) is 5.78. The van der Waals surface area contributed by atoms with E-state index in [1.807, 2.05) is 24.3 Å². The van der Waals surface area contributed by atoms with Gasteiger partial charge in [-0.1, -0.05) is 57.0 Å². The maximum atomic E-state index is 13.2. The lowest BCUT2D eigenvalue weighted by molar-refractivity contribution is 0.0746. The molecule has 0 N–H and O–H groups in total. The average molecular weight is 423 g/mol. The van der Waals surface area contributed by atoms with Crippen LogP contribution in [-0.4, -0.2) is 48.5 Å². The van der Waals surface area contributed by atoms with E-state index in [-0.39, 0.29) is 5.91 Å². The quantitative estimate of drug-likeness (QED) is 0.605. The molecular weight excluding hydrogens is 384 g/mol. The van der Waals surface area contributed by atoms with Crippen molar-refractivity contribution in [3.8, 4) is 5.75 Å². The summed E-state index contributed by atoms with van der Waals surface area (Å²) in [6, 6.07) is 18.4. The van der Waals surface area contributed by atoms with Gasteiger partial charge in [0, 0.05) is 31.7 Å². The molecule has 1 aliphatic heterocycles. The zero-order valence-corrected chi connectivity index (χ0v) is 19.3. The number of carbonyl (C=O) groups is 1. The van der Waals surface area contributed by atoms with Crippen molar-refractivity contribution in [1.82, 2.24) is 9.80 Å². The average Bonchev–Trinajstić information content (AvgIpc) is 2.83. The van der Waals surface area contributed by atoms with E-state index in [4.69, 9.17) is 4.74 Å². The van der Waals surface area contributed by atoms with Crippen molar-refractivity contribution >= 4 is 5.91 Å². The zero-order valence-electron chi connectivity index (χ0n) is 19.3. The largest absolute Gasteiger partial charge is 0.493 e. The van der Waals surface area contributed by atoms with Crippen LogP contribution in [-0.2, 0) is 6.54 Å². The van der Waals surface area contributed by atoms with Gasteiger partial charge in [-0.25, -0.2) is 0 Å². The topological polar surface area (TPSA) is 32.8 Å². The molecule has 1 fully saturated rings. The van der Waals surface area contributed by atoms with E-state index in [0.717, 1.165) is 56.9 Å². The fourth-order valence-electron chi connectivity index (χ4n) is 4.04. The molecule has 0 saturated carbocycles. The Morgan fingerprint density at radius 2 is 1.48 bits per heavy atom. The van der Waals surface area contributed by atoms with E-state index >= 15 is 0 Å². The number of nitrogens with zero attached hydrogens (tertiary/aromatic N) is 2. The third-order valence-corrected chi connectivity index (χ3v) is 5.78. The van der Waals surface area contributed by atoms with Gasteiger partial charge in [0.15, 0.2) is 0 Å². The summed E-state index contributed by atoms with van der Waals surface area (Å²) in [5.74, 6) is 1.46. The Morgan fingerprint density at radius 3 is 2.19 bits per heavy atom. The Bertz CT molecular complexity index is 774. The number of ether oxygens (including phenoxy) is 1. The summed E-state index contributed by atoms with van der Waals surface area (Å²) < 4.78 is 5.76. The standard InChI is InChI=1S/C27H38N2O2/c1-23(2)22-31-26-15-13-25(14-16-26)27(30)29-19-9-4-3-8-17-28(18-10-20-29)21-24-11-6-5-7-12-24/h5-7,11-16,23H,3-4,8-10,17-22H2,1-2H3. The highest BCUT2D eigenvalue weighted by atomic mass is 16.5. The Hall–Kier alpha value is -2.33. The lowest BCUT2D eigenvalue weighted by atomic mass is 10.1. The van der Waals surface area contributed by atoms with E-state index in [0.29, 0.717) is 12.5 Å². The molecule has 0 spiro atoms. The molecule has 2 aromatic carbocycles. The summed E-state index contributed by atoms with van der Waals surface area (Å²) in [5.41, 5.74) is 2.12. The molecule has 168 valence electrons. The molecule has 3 rings (SSSR count). The van der Waals surface area contributed by atoms with E-state index in [1.165, 1.54) is 24.8 Å². The fourth-order valence-corrected chi connectivity index (χ4v) is 4.04. The highest BCUT2D eigenvalue weighted by Crippen LogP contribution is 2.17. The molecule has 0 aliphatic carbocycles. The molecule has 1 aliphatic rings. The van der Waals surface area contributed by atoms with Crippen LogP contribution < -0.4 is 4.74 Å². The molecule has 1 amide bonds. The van der Waals surface area contributed by atoms with Gasteiger partial charge < -0.3 is 9.64 Å². The van der Waals surface area contributed by atoms with E-state index in [9.17, 15) is 4.79 Å². The number of carbonyl (C=O) groups excluding carboxylic acids is 1. The Labute approximate surface area is 188 Å². The van der Waals surface area contributed by atoms with Gasteiger partial charge in [0.05, 0.1) is 6.61 Å². The molecule has 1 saturated heterocycles. The molecule has 2 aromatic rings. The van der Waals surface area contributed by atoms with Crippen molar-refractivity contribution in [2.75, 3.05) is 32.8 Å². The van der Waals surface area contributed by atoms with Crippen LogP contribution >= 0.6 is 0 Å². The smallest absolute Gasteiger partial charge is 0.253 e. The first-order valence-corrected chi connectivity index (χ1v) is 11.9. The number of rotatable bonds is 6. The van der Waals surface area contributed by atoms with Gasteiger partial charge >= 0.3 is 0 Å². The van der Waals surface area contributed by atoms with E-state index in [1.54, 1.807) is 0 Å². The molecule has 0 unspecified atom stereocenters. The molecule has 4 nitrogen and oxygen atoms in total. The van der Waals surface area contributed by atoms with E-state index in [2.05, 4.69) is 54.0 Å². The number of hydrogen-bond donors (Lipinski definition) is 0. The normalized spacial score (nSPS) is 16.7. The van der Waals surface area contributed by atoms with E-state index < -0.39 is 0 Å². The minimum atomic E-state index is 0.143. The predicted octanol–water partition coefficient (Wildman–Crippen LogP) is 5.63. The molecular formula is C27H38N2O2. The summed E-state index contributed by atoms with van der Waals surface area (Å²) >= 11 is 0. The number of amides is 1. The Kier molecular flexibility index (Phi) is 9.41. The van der Waals surface area contributed by atoms with Gasteiger partial charge in [0.25, 0.3) is 5.91 Å². The van der Waals surface area contributed by atoms with Gasteiger partial charge in [-0.2, -0.15) is 0 Å². The van der Waals surface area contributed by atoms with Gasteiger partial charge in [-0.3, -0.25) is 9.69 Å². The first-order chi connectivity index (χ1) is 15.1. The highest BCUT2D eigenvalue weighted by molar-refractivity contribution is 5.94. The predicted molar refractivity (Wildman–Crippen MR) is 127 cm³/mol. The van der Waals surface area contributed by atoms with Crippen molar-refractivity contribution < 1.29 is 9.53 Å². The Balaban J connectivity index is 1.58. The first-order valence-electron chi connectivity index (χ1n) is 11.9. The molecule has 0 aromatic heterocycles. The number of benzene rings is 2. The lowest BCUT2D eigenvalue weighted by Crippen LogP contribution is -2.35. The third kappa shape index (κ3) is 8.02. The van der Waals surface area contributed by atoms with Crippen LogP contribution in [0, 0.1) is 5.92 Å². The van der Waals surface area contributed by atoms with Crippen molar-refractivity contribution in [3.63, 3.8) is 0 Å². The van der Waals surface area contributed by atoms with Crippen LogP contribution in [0.15, 0.2) is 54.6 Å². The highest BCUT2D eigenvalue weighted by Gasteiger charge is 2.17. The van der Waals surface area contributed by atoms with Crippen LogP contribution in [0.5, 0.6) is 5.75 Å². The summed E-state index contributed by atoms with van der Waals surface area (Å²) in [7, 11) is 0. The first kappa shape index (κ1) is 23.3. The van der Waals surface area contributed by atoms with Gasteiger partial charge in [0.1, 0.15) is 5.75 Å². The van der Waals surface area contributed by atoms with Gasteiger partial charge in [-0.05, 0) is 61.6 Å². The second-order valence-electron chi connectivity index (χ2n) is 9.05. The maximum Gasteiger partial charge on any atom is 0.253 e. The molecule has 0 radical (unpaired) electrons. The molecule has 1 heterocycles.